The first-order chi connectivity index (χ1) is 15.1. The molecule has 0 aliphatic carbocycles. The van der Waals surface area contributed by atoms with E-state index in [2.05, 4.69) is 5.32 Å². The smallest absolute Gasteiger partial charge is 0.254 e. The van der Waals surface area contributed by atoms with E-state index in [-0.39, 0.29) is 24.2 Å². The number of nitrogens with zero attached hydrogens (tertiary/aromatic N) is 1. The Morgan fingerprint density at radius 2 is 1.90 bits per heavy atom. The van der Waals surface area contributed by atoms with Crippen LogP contribution in [0.5, 0.6) is 0 Å². The summed E-state index contributed by atoms with van der Waals surface area (Å²) in [6.45, 7) is 1.04. The van der Waals surface area contributed by atoms with E-state index >= 15 is 0 Å². The summed E-state index contributed by atoms with van der Waals surface area (Å²) in [4.78, 5) is 29.5. The zero-order valence-corrected chi connectivity index (χ0v) is 17.9. The molecular weight excluding hydrogens is 415 g/mol. The molecule has 2 aromatic carbocycles. The van der Waals surface area contributed by atoms with Gasteiger partial charge >= 0.3 is 0 Å². The summed E-state index contributed by atoms with van der Waals surface area (Å²) in [7, 11) is 1.59. The number of fused-ring (bicyclic) bond motifs is 1. The van der Waals surface area contributed by atoms with E-state index in [0.717, 1.165) is 16.0 Å². The second-order valence-electron chi connectivity index (χ2n) is 7.36. The average Bonchev–Trinajstić information content (AvgIpc) is 3.32. The molecule has 0 radical (unpaired) electrons. The largest absolute Gasteiger partial charge is 0.383 e. The molecular formula is C24H23FN2O3S. The van der Waals surface area contributed by atoms with E-state index in [1.54, 1.807) is 30.2 Å². The van der Waals surface area contributed by atoms with E-state index in [9.17, 15) is 14.0 Å². The van der Waals surface area contributed by atoms with Crippen molar-refractivity contribution >= 4 is 23.2 Å². The van der Waals surface area contributed by atoms with Crippen molar-refractivity contribution in [3.8, 4) is 0 Å². The molecule has 0 saturated heterocycles. The summed E-state index contributed by atoms with van der Waals surface area (Å²) in [6.07, 6.45) is 0. The van der Waals surface area contributed by atoms with Crippen molar-refractivity contribution < 1.29 is 18.7 Å². The van der Waals surface area contributed by atoms with E-state index in [1.165, 1.54) is 23.5 Å². The third-order valence-electron chi connectivity index (χ3n) is 5.47. The van der Waals surface area contributed by atoms with E-state index in [4.69, 9.17) is 4.74 Å². The zero-order chi connectivity index (χ0) is 21.8. The Kier molecular flexibility index (Phi) is 6.44. The Labute approximate surface area is 184 Å². The minimum atomic E-state index is -0.565. The Balaban J connectivity index is 1.70. The van der Waals surface area contributed by atoms with Crippen LogP contribution in [0.4, 0.5) is 4.39 Å². The van der Waals surface area contributed by atoms with Crippen molar-refractivity contribution in [3.63, 3.8) is 0 Å². The minimum Gasteiger partial charge on any atom is -0.383 e. The van der Waals surface area contributed by atoms with Gasteiger partial charge in [-0.15, -0.1) is 11.3 Å². The molecule has 0 fully saturated rings. The molecule has 7 heteroatoms. The van der Waals surface area contributed by atoms with Gasteiger partial charge in [0.05, 0.1) is 18.6 Å². The fraction of sp³-hybridized carbons (Fsp3) is 0.250. The highest BCUT2D eigenvalue weighted by Gasteiger charge is 2.44. The van der Waals surface area contributed by atoms with Gasteiger partial charge in [-0.2, -0.15) is 0 Å². The Hall–Kier alpha value is -3.03. The van der Waals surface area contributed by atoms with Gasteiger partial charge in [-0.25, -0.2) is 4.39 Å². The van der Waals surface area contributed by atoms with Gasteiger partial charge in [0.1, 0.15) is 5.82 Å². The third kappa shape index (κ3) is 4.38. The summed E-state index contributed by atoms with van der Waals surface area (Å²) in [5.74, 6) is -1.16. The molecule has 1 aliphatic heterocycles. The molecule has 4 rings (SSSR count). The Bertz CT molecular complexity index is 1050. The van der Waals surface area contributed by atoms with Crippen molar-refractivity contribution in [2.45, 2.75) is 18.5 Å². The molecule has 1 aliphatic rings. The van der Waals surface area contributed by atoms with Crippen LogP contribution in [0.3, 0.4) is 0 Å². The number of nitrogens with one attached hydrogen (secondary N) is 1. The van der Waals surface area contributed by atoms with Crippen LogP contribution < -0.4 is 5.32 Å². The first kappa shape index (κ1) is 21.2. The summed E-state index contributed by atoms with van der Waals surface area (Å²) in [5, 5.41) is 4.93. The van der Waals surface area contributed by atoms with Gasteiger partial charge in [-0.1, -0.05) is 36.4 Å². The number of hydrogen-bond acceptors (Lipinski definition) is 4. The van der Waals surface area contributed by atoms with E-state index < -0.39 is 12.0 Å². The maximum Gasteiger partial charge on any atom is 0.254 e. The molecule has 0 saturated carbocycles. The van der Waals surface area contributed by atoms with Gasteiger partial charge in [0.25, 0.3) is 5.91 Å². The fourth-order valence-electron chi connectivity index (χ4n) is 3.99. The monoisotopic (exact) mass is 438 g/mol. The number of hydrogen-bond donors (Lipinski definition) is 1. The molecule has 3 aromatic rings. The highest BCUT2D eigenvalue weighted by atomic mass is 32.1. The number of carbonyl (C=O) groups excluding carboxylic acids is 2. The highest BCUT2D eigenvalue weighted by molar-refractivity contribution is 7.10. The quantitative estimate of drug-likeness (QED) is 0.604. The Morgan fingerprint density at radius 1 is 1.13 bits per heavy atom. The van der Waals surface area contributed by atoms with Crippen LogP contribution in [-0.4, -0.2) is 37.0 Å². The topological polar surface area (TPSA) is 58.6 Å². The summed E-state index contributed by atoms with van der Waals surface area (Å²) >= 11 is 1.52. The predicted molar refractivity (Wildman–Crippen MR) is 117 cm³/mol. The van der Waals surface area contributed by atoms with E-state index in [0.29, 0.717) is 18.7 Å². The molecule has 2 amide bonds. The number of amides is 2. The summed E-state index contributed by atoms with van der Waals surface area (Å²) in [5.41, 5.74) is 2.06. The lowest BCUT2D eigenvalue weighted by Crippen LogP contribution is -2.48. The number of rotatable bonds is 7. The third-order valence-corrected chi connectivity index (χ3v) is 6.42. The number of ether oxygens (including phenoxy) is 1. The molecule has 2 heterocycles. The lowest BCUT2D eigenvalue weighted by Gasteiger charge is -2.41. The van der Waals surface area contributed by atoms with Crippen molar-refractivity contribution in [1.82, 2.24) is 10.2 Å². The average molecular weight is 439 g/mol. The van der Waals surface area contributed by atoms with Crippen molar-refractivity contribution in [3.05, 3.63) is 93.4 Å². The zero-order valence-electron chi connectivity index (χ0n) is 17.1. The first-order valence-corrected chi connectivity index (χ1v) is 10.9. The molecule has 0 spiro atoms. The van der Waals surface area contributed by atoms with E-state index in [1.807, 2.05) is 35.7 Å². The number of thiophene rings is 1. The number of benzene rings is 2. The van der Waals surface area contributed by atoms with Gasteiger partial charge in [-0.3, -0.25) is 9.59 Å². The molecule has 2 atom stereocenters. The van der Waals surface area contributed by atoms with Crippen molar-refractivity contribution in [2.24, 2.45) is 0 Å². The predicted octanol–water partition coefficient (Wildman–Crippen LogP) is 4.13. The standard InChI is InChI=1S/C24H23FN2O3S/c1-30-13-12-27-22(20-7-4-14-31-20)21(18-5-2-3-6-19(18)24(27)29)23(28)26-15-16-8-10-17(25)11-9-16/h2-11,14,21-22H,12-13,15H2,1H3,(H,26,28)/t21-,22+/m1/s1. The molecule has 160 valence electrons. The van der Waals surface area contributed by atoms with Crippen molar-refractivity contribution in [1.29, 1.82) is 0 Å². The molecule has 5 nitrogen and oxygen atoms in total. The number of carbonyl (C=O) groups is 2. The SMILES string of the molecule is COCCN1C(=O)c2ccccc2[C@@H](C(=O)NCc2ccc(F)cc2)[C@@H]1c1cccs1. The maximum atomic E-state index is 13.5. The number of methoxy groups -OCH3 is 1. The highest BCUT2D eigenvalue weighted by Crippen LogP contribution is 2.44. The van der Waals surface area contributed by atoms with Gasteiger partial charge < -0.3 is 15.0 Å². The second kappa shape index (κ2) is 9.41. The molecule has 0 unspecified atom stereocenters. The minimum absolute atomic E-state index is 0.103. The molecule has 0 bridgehead atoms. The molecule has 31 heavy (non-hydrogen) atoms. The van der Waals surface area contributed by atoms with Crippen LogP contribution in [0.15, 0.2) is 66.0 Å². The lowest BCUT2D eigenvalue weighted by molar-refractivity contribution is -0.124. The van der Waals surface area contributed by atoms with Crippen molar-refractivity contribution in [2.75, 3.05) is 20.3 Å². The number of halogens is 1. The fourth-order valence-corrected chi connectivity index (χ4v) is 4.86. The molecule has 1 aromatic heterocycles. The summed E-state index contributed by atoms with van der Waals surface area (Å²) in [6, 6.07) is 16.8. The van der Waals surface area contributed by atoms with Crippen LogP contribution >= 0.6 is 11.3 Å². The Morgan fingerprint density at radius 3 is 2.61 bits per heavy atom. The van der Waals surface area contributed by atoms with Crippen LogP contribution in [0, 0.1) is 5.82 Å². The second-order valence-corrected chi connectivity index (χ2v) is 8.34. The maximum absolute atomic E-state index is 13.5. The van der Waals surface area contributed by atoms with Gasteiger partial charge in [0.15, 0.2) is 0 Å². The van der Waals surface area contributed by atoms with Crippen LogP contribution in [0.1, 0.15) is 38.3 Å². The normalized spacial score (nSPS) is 18.0. The van der Waals surface area contributed by atoms with Crippen LogP contribution in [0.25, 0.3) is 0 Å². The van der Waals surface area contributed by atoms with Crippen LogP contribution in [-0.2, 0) is 16.1 Å². The van der Waals surface area contributed by atoms with Gasteiger partial charge in [-0.05, 0) is 40.8 Å². The van der Waals surface area contributed by atoms with Gasteiger partial charge in [0, 0.05) is 30.6 Å². The molecule has 1 N–H and O–H groups in total. The van der Waals surface area contributed by atoms with Gasteiger partial charge in [0.2, 0.25) is 5.91 Å². The van der Waals surface area contributed by atoms with Crippen LogP contribution in [0.2, 0.25) is 0 Å². The lowest BCUT2D eigenvalue weighted by atomic mass is 9.81. The first-order valence-electron chi connectivity index (χ1n) is 10.0. The summed E-state index contributed by atoms with van der Waals surface area (Å²) < 4.78 is 18.4.